The molecule has 1 rings (SSSR count). The van der Waals surface area contributed by atoms with Crippen molar-refractivity contribution in [2.75, 3.05) is 19.8 Å². The lowest BCUT2D eigenvalue weighted by Crippen LogP contribution is -2.57. The average molecular weight is 232 g/mol. The van der Waals surface area contributed by atoms with E-state index >= 15 is 0 Å². The molecule has 0 bridgehead atoms. The number of hydrogen-bond donors (Lipinski definition) is 0. The number of ether oxygens (including phenoxy) is 1. The van der Waals surface area contributed by atoms with E-state index in [1.54, 1.807) is 19.9 Å². The van der Waals surface area contributed by atoms with Crippen LogP contribution in [-0.4, -0.2) is 43.3 Å². The minimum absolute atomic E-state index is 0.321. The maximum Gasteiger partial charge on any atom is 0.230 e. The molecule has 0 N–H and O–H groups in total. The van der Waals surface area contributed by atoms with Gasteiger partial charge in [0.05, 0.1) is 24.8 Å². The molecule has 5 nitrogen and oxygen atoms in total. The molecule has 0 amide bonds. The first kappa shape index (κ1) is 12.4. The van der Waals surface area contributed by atoms with E-state index in [-0.39, 0.29) is 0 Å². The van der Waals surface area contributed by atoms with Gasteiger partial charge in [0.2, 0.25) is 10.0 Å². The van der Waals surface area contributed by atoms with E-state index in [2.05, 4.69) is 0 Å². The SMILES string of the molecule is CC(C#N)S(=O)(=O)N1CCOCC1(C)C. The van der Waals surface area contributed by atoms with Crippen LogP contribution in [-0.2, 0) is 14.8 Å². The molecular formula is C9H16N2O3S. The summed E-state index contributed by atoms with van der Waals surface area (Å²) in [7, 11) is -3.53. The Morgan fingerprint density at radius 3 is 2.60 bits per heavy atom. The van der Waals surface area contributed by atoms with Gasteiger partial charge in [-0.3, -0.25) is 0 Å². The summed E-state index contributed by atoms with van der Waals surface area (Å²) < 4.78 is 30.6. The summed E-state index contributed by atoms with van der Waals surface area (Å²) in [6.07, 6.45) is 0. The third kappa shape index (κ3) is 2.30. The Balaban J connectivity index is 3.01. The van der Waals surface area contributed by atoms with Crippen molar-refractivity contribution in [1.29, 1.82) is 5.26 Å². The van der Waals surface area contributed by atoms with Crippen molar-refractivity contribution in [1.82, 2.24) is 4.31 Å². The average Bonchev–Trinajstić information content (AvgIpc) is 2.15. The summed E-state index contributed by atoms with van der Waals surface area (Å²) in [5, 5.41) is 7.68. The maximum atomic E-state index is 12.0. The third-order valence-electron chi connectivity index (χ3n) is 2.50. The molecule has 0 aliphatic carbocycles. The van der Waals surface area contributed by atoms with Crippen LogP contribution in [0.5, 0.6) is 0 Å². The zero-order valence-electron chi connectivity index (χ0n) is 9.23. The van der Waals surface area contributed by atoms with Crippen LogP contribution in [0, 0.1) is 11.3 Å². The molecule has 1 aliphatic rings. The van der Waals surface area contributed by atoms with Gasteiger partial charge in [-0.2, -0.15) is 9.57 Å². The van der Waals surface area contributed by atoms with Gasteiger partial charge in [-0.1, -0.05) is 0 Å². The largest absolute Gasteiger partial charge is 0.378 e. The van der Waals surface area contributed by atoms with Crippen molar-refractivity contribution in [3.63, 3.8) is 0 Å². The van der Waals surface area contributed by atoms with Gasteiger partial charge >= 0.3 is 0 Å². The van der Waals surface area contributed by atoms with Crippen LogP contribution < -0.4 is 0 Å². The van der Waals surface area contributed by atoms with Crippen molar-refractivity contribution >= 4 is 10.0 Å². The minimum atomic E-state index is -3.53. The molecule has 1 atom stereocenters. The molecular weight excluding hydrogens is 216 g/mol. The normalized spacial score (nSPS) is 24.4. The molecule has 0 aromatic carbocycles. The molecule has 1 heterocycles. The van der Waals surface area contributed by atoms with E-state index in [9.17, 15) is 8.42 Å². The van der Waals surface area contributed by atoms with Crippen molar-refractivity contribution in [3.05, 3.63) is 0 Å². The van der Waals surface area contributed by atoms with E-state index in [4.69, 9.17) is 10.00 Å². The molecule has 0 saturated carbocycles. The van der Waals surface area contributed by atoms with Gasteiger partial charge < -0.3 is 4.74 Å². The molecule has 6 heteroatoms. The molecule has 1 fully saturated rings. The first-order chi connectivity index (χ1) is 6.82. The van der Waals surface area contributed by atoms with Crippen LogP contribution in [0.15, 0.2) is 0 Å². The third-order valence-corrected chi connectivity index (χ3v) is 4.80. The Morgan fingerprint density at radius 1 is 1.53 bits per heavy atom. The van der Waals surface area contributed by atoms with Gasteiger partial charge in [-0.25, -0.2) is 8.42 Å². The van der Waals surface area contributed by atoms with Crippen LogP contribution in [0.2, 0.25) is 0 Å². The van der Waals surface area contributed by atoms with Gasteiger partial charge in [-0.05, 0) is 20.8 Å². The molecule has 0 aromatic rings. The second-order valence-electron chi connectivity index (χ2n) is 4.25. The lowest BCUT2D eigenvalue weighted by Gasteiger charge is -2.41. The Kier molecular flexibility index (Phi) is 3.38. The van der Waals surface area contributed by atoms with Crippen molar-refractivity contribution < 1.29 is 13.2 Å². The summed E-state index contributed by atoms with van der Waals surface area (Å²) in [6, 6.07) is 1.77. The fraction of sp³-hybridized carbons (Fsp3) is 0.889. The first-order valence-corrected chi connectivity index (χ1v) is 6.32. The van der Waals surface area contributed by atoms with Gasteiger partial charge in [0.15, 0.2) is 5.25 Å². The van der Waals surface area contributed by atoms with Gasteiger partial charge in [0.1, 0.15) is 0 Å². The molecule has 1 unspecified atom stereocenters. The minimum Gasteiger partial charge on any atom is -0.378 e. The van der Waals surface area contributed by atoms with Gasteiger partial charge in [-0.15, -0.1) is 0 Å². The number of hydrogen-bond acceptors (Lipinski definition) is 4. The molecule has 0 aromatic heterocycles. The summed E-state index contributed by atoms with van der Waals surface area (Å²) in [5.74, 6) is 0. The number of rotatable bonds is 2. The Labute approximate surface area is 90.7 Å². The van der Waals surface area contributed by atoms with Gasteiger partial charge in [0, 0.05) is 6.54 Å². The maximum absolute atomic E-state index is 12.0. The highest BCUT2D eigenvalue weighted by atomic mass is 32.2. The molecule has 86 valence electrons. The Morgan fingerprint density at radius 2 is 2.13 bits per heavy atom. The summed E-state index contributed by atoms with van der Waals surface area (Å²) in [5.41, 5.74) is -0.567. The number of nitrogens with zero attached hydrogens (tertiary/aromatic N) is 2. The first-order valence-electron chi connectivity index (χ1n) is 4.81. The van der Waals surface area contributed by atoms with Crippen LogP contribution in [0.3, 0.4) is 0 Å². The second-order valence-corrected chi connectivity index (χ2v) is 6.43. The fourth-order valence-corrected chi connectivity index (χ4v) is 3.16. The van der Waals surface area contributed by atoms with Gasteiger partial charge in [0.25, 0.3) is 0 Å². The highest BCUT2D eigenvalue weighted by Crippen LogP contribution is 2.24. The van der Waals surface area contributed by atoms with Crippen molar-refractivity contribution in [2.45, 2.75) is 31.6 Å². The van der Waals surface area contributed by atoms with E-state index in [1.807, 2.05) is 0 Å². The quantitative estimate of drug-likeness (QED) is 0.688. The lowest BCUT2D eigenvalue weighted by atomic mass is 10.1. The molecule has 15 heavy (non-hydrogen) atoms. The van der Waals surface area contributed by atoms with E-state index in [0.29, 0.717) is 19.8 Å². The molecule has 1 aliphatic heterocycles. The van der Waals surface area contributed by atoms with Crippen LogP contribution >= 0.6 is 0 Å². The monoisotopic (exact) mass is 232 g/mol. The highest BCUT2D eigenvalue weighted by Gasteiger charge is 2.41. The molecule has 0 radical (unpaired) electrons. The number of sulfonamides is 1. The number of nitriles is 1. The van der Waals surface area contributed by atoms with Crippen molar-refractivity contribution in [2.24, 2.45) is 0 Å². The number of morpholine rings is 1. The van der Waals surface area contributed by atoms with Crippen molar-refractivity contribution in [3.8, 4) is 6.07 Å². The smallest absolute Gasteiger partial charge is 0.230 e. The highest BCUT2D eigenvalue weighted by molar-refractivity contribution is 7.90. The van der Waals surface area contributed by atoms with Crippen LogP contribution in [0.4, 0.5) is 0 Å². The lowest BCUT2D eigenvalue weighted by molar-refractivity contribution is -0.00788. The Bertz CT molecular complexity index is 369. The zero-order chi connectivity index (χ0) is 11.7. The predicted octanol–water partition coefficient (Wildman–Crippen LogP) is 0.339. The summed E-state index contributed by atoms with van der Waals surface area (Å²) in [4.78, 5) is 0. The Hall–Kier alpha value is -0.640. The van der Waals surface area contributed by atoms with Crippen LogP contribution in [0.1, 0.15) is 20.8 Å². The van der Waals surface area contributed by atoms with E-state index in [0.717, 1.165) is 0 Å². The molecule has 1 saturated heterocycles. The second kappa shape index (κ2) is 4.08. The summed E-state index contributed by atoms with van der Waals surface area (Å²) in [6.45, 7) is 6.08. The predicted molar refractivity (Wildman–Crippen MR) is 55.6 cm³/mol. The topological polar surface area (TPSA) is 70.4 Å². The zero-order valence-corrected chi connectivity index (χ0v) is 10.0. The van der Waals surface area contributed by atoms with E-state index in [1.165, 1.54) is 11.2 Å². The fourth-order valence-electron chi connectivity index (χ4n) is 1.57. The van der Waals surface area contributed by atoms with Crippen LogP contribution in [0.25, 0.3) is 0 Å². The standard InChI is InChI=1S/C9H16N2O3S/c1-8(6-10)15(12,13)11-4-5-14-7-9(11,2)3/h8H,4-5,7H2,1-3H3. The van der Waals surface area contributed by atoms with E-state index < -0.39 is 20.8 Å². The summed E-state index contributed by atoms with van der Waals surface area (Å²) >= 11 is 0. The molecule has 0 spiro atoms.